The van der Waals surface area contributed by atoms with Crippen LogP contribution in [0.25, 0.3) is 5.52 Å². The monoisotopic (exact) mass is 318 g/mol. The van der Waals surface area contributed by atoms with Crippen molar-refractivity contribution in [1.29, 1.82) is 5.26 Å². The predicted octanol–water partition coefficient (Wildman–Crippen LogP) is 3.23. The van der Waals surface area contributed by atoms with Gasteiger partial charge in [-0.25, -0.2) is 4.52 Å². The smallest absolute Gasteiger partial charge is 0.104 e. The Bertz CT molecular complexity index is 647. The fraction of sp³-hybridized carbons (Fsp3) is 0.429. The number of piperidine rings is 1. The fourth-order valence-corrected chi connectivity index (χ4v) is 3.07. The molecule has 0 aliphatic carbocycles. The summed E-state index contributed by atoms with van der Waals surface area (Å²) >= 11 is 3.56. The number of nitriles is 1. The third-order valence-corrected chi connectivity index (χ3v) is 4.53. The topological polar surface area (TPSA) is 44.3 Å². The normalized spacial score (nSPS) is 18.5. The van der Waals surface area contributed by atoms with E-state index in [0.29, 0.717) is 0 Å². The number of hydrogen-bond acceptors (Lipinski definition) is 3. The first-order valence-corrected chi connectivity index (χ1v) is 7.20. The summed E-state index contributed by atoms with van der Waals surface area (Å²) < 4.78 is 2.90. The second-order valence-electron chi connectivity index (χ2n) is 5.34. The molecule has 0 N–H and O–H groups in total. The minimum atomic E-state index is -0.168. The Balaban J connectivity index is 1.94. The summed E-state index contributed by atoms with van der Waals surface area (Å²) in [5.74, 6) is 0. The van der Waals surface area contributed by atoms with Crippen LogP contribution in [0.4, 0.5) is 5.69 Å². The number of anilines is 1. The van der Waals surface area contributed by atoms with Gasteiger partial charge < -0.3 is 4.90 Å². The molecule has 2 aromatic heterocycles. The van der Waals surface area contributed by atoms with Crippen molar-refractivity contribution in [1.82, 2.24) is 9.61 Å². The van der Waals surface area contributed by atoms with E-state index in [1.165, 1.54) is 5.69 Å². The van der Waals surface area contributed by atoms with E-state index in [2.05, 4.69) is 45.0 Å². The first-order valence-electron chi connectivity index (χ1n) is 6.41. The van der Waals surface area contributed by atoms with Crippen molar-refractivity contribution in [3.8, 4) is 6.07 Å². The van der Waals surface area contributed by atoms with Gasteiger partial charge in [0.2, 0.25) is 0 Å². The zero-order chi connectivity index (χ0) is 13.5. The Hall–Kier alpha value is -1.54. The lowest BCUT2D eigenvalue weighted by atomic mass is 9.82. The van der Waals surface area contributed by atoms with Gasteiger partial charge in [0.05, 0.1) is 27.8 Å². The van der Waals surface area contributed by atoms with Gasteiger partial charge in [0, 0.05) is 19.3 Å². The average molecular weight is 319 g/mol. The molecule has 5 heteroatoms. The van der Waals surface area contributed by atoms with E-state index in [4.69, 9.17) is 0 Å². The van der Waals surface area contributed by atoms with Gasteiger partial charge in [-0.05, 0) is 47.8 Å². The summed E-state index contributed by atoms with van der Waals surface area (Å²) in [6.45, 7) is 3.89. The molecule has 98 valence electrons. The van der Waals surface area contributed by atoms with Crippen LogP contribution < -0.4 is 4.90 Å². The molecule has 0 bridgehead atoms. The molecule has 2 aromatic rings. The minimum absolute atomic E-state index is 0.168. The Kier molecular flexibility index (Phi) is 2.98. The quantitative estimate of drug-likeness (QED) is 0.810. The third kappa shape index (κ3) is 2.10. The largest absolute Gasteiger partial charge is 0.370 e. The van der Waals surface area contributed by atoms with E-state index in [0.717, 1.165) is 35.9 Å². The predicted molar refractivity (Wildman–Crippen MR) is 78.1 cm³/mol. The van der Waals surface area contributed by atoms with Gasteiger partial charge in [0.25, 0.3) is 0 Å². The molecule has 1 aliphatic rings. The van der Waals surface area contributed by atoms with Crippen LogP contribution in [0.3, 0.4) is 0 Å². The molecule has 0 spiro atoms. The zero-order valence-corrected chi connectivity index (χ0v) is 12.4. The first kappa shape index (κ1) is 12.5. The van der Waals surface area contributed by atoms with Gasteiger partial charge >= 0.3 is 0 Å². The van der Waals surface area contributed by atoms with Crippen LogP contribution in [0.1, 0.15) is 19.8 Å². The number of aromatic nitrogens is 2. The van der Waals surface area contributed by atoms with E-state index >= 15 is 0 Å². The number of pyridine rings is 1. The van der Waals surface area contributed by atoms with Crippen LogP contribution >= 0.6 is 15.9 Å². The maximum absolute atomic E-state index is 9.20. The van der Waals surface area contributed by atoms with Gasteiger partial charge in [-0.1, -0.05) is 0 Å². The van der Waals surface area contributed by atoms with Crippen molar-refractivity contribution in [3.63, 3.8) is 0 Å². The Morgan fingerprint density at radius 2 is 2.16 bits per heavy atom. The van der Waals surface area contributed by atoms with Gasteiger partial charge in [-0.3, -0.25) is 0 Å². The lowest BCUT2D eigenvalue weighted by molar-refractivity contribution is 0.337. The highest BCUT2D eigenvalue weighted by atomic mass is 79.9. The number of rotatable bonds is 1. The van der Waals surface area contributed by atoms with Gasteiger partial charge in [0.15, 0.2) is 0 Å². The zero-order valence-electron chi connectivity index (χ0n) is 10.8. The van der Waals surface area contributed by atoms with Crippen LogP contribution in [0.2, 0.25) is 0 Å². The second kappa shape index (κ2) is 4.53. The Morgan fingerprint density at radius 3 is 2.84 bits per heavy atom. The molecule has 0 unspecified atom stereocenters. The number of fused-ring (bicyclic) bond motifs is 1. The number of halogens is 1. The number of nitrogens with zero attached hydrogens (tertiary/aromatic N) is 4. The van der Waals surface area contributed by atoms with Crippen molar-refractivity contribution in [2.75, 3.05) is 18.0 Å². The van der Waals surface area contributed by atoms with E-state index in [-0.39, 0.29) is 5.41 Å². The van der Waals surface area contributed by atoms with Crippen molar-refractivity contribution >= 4 is 27.1 Å². The first-order chi connectivity index (χ1) is 9.13. The summed E-state index contributed by atoms with van der Waals surface area (Å²) in [4.78, 5) is 2.35. The lowest BCUT2D eigenvalue weighted by Gasteiger charge is -2.36. The molecule has 3 rings (SSSR count). The molecule has 1 fully saturated rings. The SMILES string of the molecule is CC1(C#N)CCN(c2cccn3ncc(Br)c23)CC1. The molecule has 3 heterocycles. The molecule has 19 heavy (non-hydrogen) atoms. The molecular formula is C14H15BrN4. The summed E-state index contributed by atoms with van der Waals surface area (Å²) in [5, 5.41) is 13.5. The van der Waals surface area contributed by atoms with Crippen molar-refractivity contribution in [2.45, 2.75) is 19.8 Å². The second-order valence-corrected chi connectivity index (χ2v) is 6.19. The van der Waals surface area contributed by atoms with Crippen molar-refractivity contribution in [3.05, 3.63) is 29.0 Å². The average Bonchev–Trinajstić information content (AvgIpc) is 2.82. The van der Waals surface area contributed by atoms with E-state index < -0.39 is 0 Å². The van der Waals surface area contributed by atoms with E-state index in [9.17, 15) is 5.26 Å². The van der Waals surface area contributed by atoms with Gasteiger partial charge in [0.1, 0.15) is 5.52 Å². The summed E-state index contributed by atoms with van der Waals surface area (Å²) in [7, 11) is 0. The van der Waals surface area contributed by atoms with Crippen molar-refractivity contribution in [2.24, 2.45) is 5.41 Å². The Labute approximate surface area is 120 Å². The standard InChI is InChI=1S/C14H15BrN4/c1-14(10-16)4-7-18(8-5-14)12-3-2-6-19-13(12)11(15)9-17-19/h2-3,6,9H,4-5,7-8H2,1H3. The van der Waals surface area contributed by atoms with Crippen LogP contribution in [-0.2, 0) is 0 Å². The fourth-order valence-electron chi connectivity index (χ4n) is 2.60. The van der Waals surface area contributed by atoms with Crippen LogP contribution in [-0.4, -0.2) is 22.7 Å². The maximum atomic E-state index is 9.20. The Morgan fingerprint density at radius 1 is 1.42 bits per heavy atom. The lowest BCUT2D eigenvalue weighted by Crippen LogP contribution is -2.38. The van der Waals surface area contributed by atoms with Crippen molar-refractivity contribution < 1.29 is 0 Å². The van der Waals surface area contributed by atoms with Crippen LogP contribution in [0, 0.1) is 16.7 Å². The molecule has 0 saturated carbocycles. The summed E-state index contributed by atoms with van der Waals surface area (Å²) in [5.41, 5.74) is 2.12. The molecule has 1 saturated heterocycles. The summed E-state index contributed by atoms with van der Waals surface area (Å²) in [6, 6.07) is 6.58. The highest BCUT2D eigenvalue weighted by molar-refractivity contribution is 9.10. The van der Waals surface area contributed by atoms with Crippen LogP contribution in [0.15, 0.2) is 29.0 Å². The molecule has 0 amide bonds. The van der Waals surface area contributed by atoms with E-state index in [1.54, 1.807) is 0 Å². The molecule has 0 atom stereocenters. The highest BCUT2D eigenvalue weighted by Crippen LogP contribution is 2.35. The molecule has 0 radical (unpaired) electrons. The molecule has 0 aromatic carbocycles. The third-order valence-electron chi connectivity index (χ3n) is 3.95. The van der Waals surface area contributed by atoms with Gasteiger partial charge in [-0.2, -0.15) is 10.4 Å². The highest BCUT2D eigenvalue weighted by Gasteiger charge is 2.30. The number of hydrogen-bond donors (Lipinski definition) is 0. The molecular weight excluding hydrogens is 304 g/mol. The van der Waals surface area contributed by atoms with Crippen LogP contribution in [0.5, 0.6) is 0 Å². The van der Waals surface area contributed by atoms with Gasteiger partial charge in [-0.15, -0.1) is 0 Å². The minimum Gasteiger partial charge on any atom is -0.370 e. The molecule has 1 aliphatic heterocycles. The summed E-state index contributed by atoms with van der Waals surface area (Å²) in [6.07, 6.45) is 5.60. The maximum Gasteiger partial charge on any atom is 0.104 e. The molecule has 4 nitrogen and oxygen atoms in total. The van der Waals surface area contributed by atoms with E-state index in [1.807, 2.05) is 23.0 Å².